The van der Waals surface area contributed by atoms with Crippen LogP contribution in [0, 0.1) is 0 Å². The van der Waals surface area contributed by atoms with Gasteiger partial charge in [0.15, 0.2) is 5.82 Å². The van der Waals surface area contributed by atoms with E-state index in [0.717, 1.165) is 0 Å². The summed E-state index contributed by atoms with van der Waals surface area (Å²) in [6.07, 6.45) is 1.23. The molecular formula is C8H14N4O2S. The summed E-state index contributed by atoms with van der Waals surface area (Å²) >= 11 is 0. The Labute approximate surface area is 88.2 Å². The van der Waals surface area contributed by atoms with Gasteiger partial charge in [0, 0.05) is 5.92 Å². The van der Waals surface area contributed by atoms with Gasteiger partial charge in [0.1, 0.15) is 15.7 Å². The average Bonchev–Trinajstić information content (AvgIpc) is 2.66. The maximum Gasteiger partial charge on any atom is 0.153 e. The highest BCUT2D eigenvalue weighted by Gasteiger charge is 2.27. The van der Waals surface area contributed by atoms with E-state index in [1.165, 1.54) is 0 Å². The molecule has 2 rings (SSSR count). The molecule has 84 valence electrons. The van der Waals surface area contributed by atoms with Crippen LogP contribution in [0.1, 0.15) is 30.4 Å². The van der Waals surface area contributed by atoms with Crippen molar-refractivity contribution < 1.29 is 8.42 Å². The van der Waals surface area contributed by atoms with Crippen LogP contribution < -0.4 is 5.73 Å². The van der Waals surface area contributed by atoms with Crippen LogP contribution in [0.4, 0.5) is 0 Å². The number of aromatic nitrogens is 3. The lowest BCUT2D eigenvalue weighted by molar-refractivity contribution is 0.538. The van der Waals surface area contributed by atoms with Crippen LogP contribution in [0.5, 0.6) is 0 Å². The first-order valence-corrected chi connectivity index (χ1v) is 6.74. The zero-order valence-electron chi connectivity index (χ0n) is 8.31. The normalized spacial score (nSPS) is 21.7. The van der Waals surface area contributed by atoms with Gasteiger partial charge in [0.2, 0.25) is 0 Å². The Morgan fingerprint density at radius 2 is 2.07 bits per heavy atom. The minimum absolute atomic E-state index is 0.157. The Morgan fingerprint density at radius 1 is 1.40 bits per heavy atom. The van der Waals surface area contributed by atoms with E-state index in [-0.39, 0.29) is 17.4 Å². The zero-order valence-corrected chi connectivity index (χ0v) is 9.13. The van der Waals surface area contributed by atoms with Crippen LogP contribution in [-0.4, -0.2) is 35.1 Å². The largest absolute Gasteiger partial charge is 0.324 e. The fraction of sp³-hybridized carbons (Fsp3) is 0.750. The number of nitrogens with one attached hydrogen (secondary N) is 1. The number of nitrogens with zero attached hydrogens (tertiary/aromatic N) is 2. The van der Waals surface area contributed by atoms with Crippen molar-refractivity contribution in [3.63, 3.8) is 0 Å². The predicted molar refractivity (Wildman–Crippen MR) is 54.9 cm³/mol. The number of rotatable bonds is 2. The standard InChI is InChI=1S/C8H14N4O2S/c9-5-7-10-8(12-11-7)6-1-3-15(13,14)4-2-6/h6H,1-5,9H2,(H,10,11,12). The van der Waals surface area contributed by atoms with E-state index in [1.54, 1.807) is 0 Å². The summed E-state index contributed by atoms with van der Waals surface area (Å²) in [5, 5.41) is 6.79. The molecule has 1 aromatic rings. The second kappa shape index (κ2) is 3.90. The molecule has 0 aromatic carbocycles. The third-order valence-corrected chi connectivity index (χ3v) is 4.38. The first-order chi connectivity index (χ1) is 7.11. The lowest BCUT2D eigenvalue weighted by Crippen LogP contribution is -2.22. The molecule has 0 aliphatic carbocycles. The molecule has 2 heterocycles. The van der Waals surface area contributed by atoms with Gasteiger partial charge in [-0.05, 0) is 12.8 Å². The monoisotopic (exact) mass is 230 g/mol. The average molecular weight is 230 g/mol. The predicted octanol–water partition coefficient (Wildman–Crippen LogP) is -0.444. The Hall–Kier alpha value is -0.950. The summed E-state index contributed by atoms with van der Waals surface area (Å²) < 4.78 is 22.4. The third-order valence-electron chi connectivity index (χ3n) is 2.66. The van der Waals surface area contributed by atoms with Crippen molar-refractivity contribution in [2.45, 2.75) is 25.3 Å². The summed E-state index contributed by atoms with van der Waals surface area (Å²) in [6, 6.07) is 0. The lowest BCUT2D eigenvalue weighted by Gasteiger charge is -2.18. The van der Waals surface area contributed by atoms with Crippen molar-refractivity contribution in [1.29, 1.82) is 0 Å². The molecule has 1 saturated heterocycles. The van der Waals surface area contributed by atoms with Crippen molar-refractivity contribution in [2.24, 2.45) is 5.73 Å². The van der Waals surface area contributed by atoms with Crippen LogP contribution in [0.3, 0.4) is 0 Å². The Balaban J connectivity index is 2.07. The summed E-state index contributed by atoms with van der Waals surface area (Å²) in [6.45, 7) is 0.331. The Bertz CT molecular complexity index is 425. The van der Waals surface area contributed by atoms with E-state index < -0.39 is 9.84 Å². The van der Waals surface area contributed by atoms with E-state index in [4.69, 9.17) is 5.73 Å². The van der Waals surface area contributed by atoms with Gasteiger partial charge < -0.3 is 5.73 Å². The fourth-order valence-electron chi connectivity index (χ4n) is 1.73. The number of nitrogens with two attached hydrogens (primary N) is 1. The molecule has 0 amide bonds. The smallest absolute Gasteiger partial charge is 0.153 e. The molecule has 1 aliphatic rings. The van der Waals surface area contributed by atoms with Crippen molar-refractivity contribution in [3.05, 3.63) is 11.6 Å². The molecule has 0 atom stereocenters. The molecular weight excluding hydrogens is 216 g/mol. The highest BCUT2D eigenvalue weighted by atomic mass is 32.2. The van der Waals surface area contributed by atoms with Gasteiger partial charge in [-0.25, -0.2) is 13.4 Å². The van der Waals surface area contributed by atoms with Crippen LogP contribution in [0.15, 0.2) is 0 Å². The van der Waals surface area contributed by atoms with Gasteiger partial charge >= 0.3 is 0 Å². The minimum atomic E-state index is -2.81. The topological polar surface area (TPSA) is 102 Å². The highest BCUT2D eigenvalue weighted by molar-refractivity contribution is 7.91. The van der Waals surface area contributed by atoms with Crippen LogP contribution in [0.2, 0.25) is 0 Å². The maximum atomic E-state index is 11.2. The van der Waals surface area contributed by atoms with E-state index in [9.17, 15) is 8.42 Å². The maximum absolute atomic E-state index is 11.2. The van der Waals surface area contributed by atoms with Gasteiger partial charge in [-0.2, -0.15) is 5.10 Å². The van der Waals surface area contributed by atoms with E-state index in [2.05, 4.69) is 15.2 Å². The number of hydrogen-bond donors (Lipinski definition) is 2. The molecule has 0 unspecified atom stereocenters. The molecule has 1 aliphatic heterocycles. The quantitative estimate of drug-likeness (QED) is 0.716. The zero-order chi connectivity index (χ0) is 10.9. The first kappa shape index (κ1) is 10.6. The summed E-state index contributed by atoms with van der Waals surface area (Å²) in [5.41, 5.74) is 5.41. The number of hydrogen-bond acceptors (Lipinski definition) is 5. The van der Waals surface area contributed by atoms with Gasteiger partial charge in [0.05, 0.1) is 18.1 Å². The second-order valence-electron chi connectivity index (χ2n) is 3.77. The van der Waals surface area contributed by atoms with E-state index in [1.807, 2.05) is 0 Å². The number of sulfone groups is 1. The highest BCUT2D eigenvalue weighted by Crippen LogP contribution is 2.26. The molecule has 0 saturated carbocycles. The lowest BCUT2D eigenvalue weighted by atomic mass is 10.0. The van der Waals surface area contributed by atoms with Crippen LogP contribution >= 0.6 is 0 Å². The molecule has 6 nitrogen and oxygen atoms in total. The summed E-state index contributed by atoms with van der Waals surface area (Å²) in [7, 11) is -2.81. The Morgan fingerprint density at radius 3 is 2.60 bits per heavy atom. The van der Waals surface area contributed by atoms with Crippen molar-refractivity contribution in [1.82, 2.24) is 15.2 Å². The molecule has 1 aromatic heterocycles. The van der Waals surface area contributed by atoms with Gasteiger partial charge in [-0.15, -0.1) is 0 Å². The van der Waals surface area contributed by atoms with Crippen LogP contribution in [-0.2, 0) is 16.4 Å². The van der Waals surface area contributed by atoms with E-state index >= 15 is 0 Å². The second-order valence-corrected chi connectivity index (χ2v) is 6.07. The van der Waals surface area contributed by atoms with Crippen molar-refractivity contribution in [3.8, 4) is 0 Å². The first-order valence-electron chi connectivity index (χ1n) is 4.92. The van der Waals surface area contributed by atoms with Gasteiger partial charge in [-0.1, -0.05) is 0 Å². The molecule has 15 heavy (non-hydrogen) atoms. The molecule has 0 radical (unpaired) electrons. The van der Waals surface area contributed by atoms with Gasteiger partial charge in [-0.3, -0.25) is 5.10 Å². The van der Waals surface area contributed by atoms with Crippen molar-refractivity contribution >= 4 is 9.84 Å². The summed E-state index contributed by atoms with van der Waals surface area (Å²) in [5.74, 6) is 1.99. The molecule has 7 heteroatoms. The fourth-order valence-corrected chi connectivity index (χ4v) is 3.22. The molecule has 0 bridgehead atoms. The molecule has 0 spiro atoms. The molecule has 1 fully saturated rings. The molecule has 3 N–H and O–H groups in total. The number of aromatic amines is 1. The third kappa shape index (κ3) is 2.35. The van der Waals surface area contributed by atoms with Crippen LogP contribution in [0.25, 0.3) is 0 Å². The Kier molecular flexibility index (Phi) is 2.74. The summed E-state index contributed by atoms with van der Waals surface area (Å²) in [4.78, 5) is 4.21. The van der Waals surface area contributed by atoms with Crippen molar-refractivity contribution in [2.75, 3.05) is 11.5 Å². The van der Waals surface area contributed by atoms with E-state index in [0.29, 0.717) is 31.0 Å². The minimum Gasteiger partial charge on any atom is -0.324 e. The number of H-pyrrole nitrogens is 1. The SMILES string of the molecule is NCc1nc(C2CCS(=O)(=O)CC2)n[nH]1. The van der Waals surface area contributed by atoms with Gasteiger partial charge in [0.25, 0.3) is 0 Å².